The van der Waals surface area contributed by atoms with Gasteiger partial charge < -0.3 is 10.1 Å². The molecule has 0 spiro atoms. The van der Waals surface area contributed by atoms with Crippen molar-refractivity contribution < 1.29 is 4.92 Å². The van der Waals surface area contributed by atoms with Crippen LogP contribution in [-0.2, 0) is 0 Å². The third kappa shape index (κ3) is 2.74. The Balaban J connectivity index is 2.18. The fourth-order valence-electron chi connectivity index (χ4n) is 1.88. The molecule has 2 aromatic carbocycles. The predicted octanol–water partition coefficient (Wildman–Crippen LogP) is 3.11. The third-order valence-corrected chi connectivity index (χ3v) is 2.85. The zero-order valence-corrected chi connectivity index (χ0v) is 10.9. The molecular formula is C15H10N4O2. The fraction of sp³-hybridized carbons (Fsp3) is 0. The molecule has 0 radical (unpaired) electrons. The second-order valence-electron chi connectivity index (χ2n) is 4.27. The Morgan fingerprint density at radius 1 is 0.714 bits per heavy atom. The van der Waals surface area contributed by atoms with Crippen molar-refractivity contribution in [3.05, 3.63) is 70.8 Å². The number of nitrogens with zero attached hydrogens (tertiary/aromatic N) is 4. The first-order valence-corrected chi connectivity index (χ1v) is 6.25. The Hall–Kier alpha value is -3.15. The van der Waals surface area contributed by atoms with Gasteiger partial charge in [0, 0.05) is 11.1 Å². The minimum absolute atomic E-state index is 0.288. The van der Waals surface area contributed by atoms with Gasteiger partial charge in [0.15, 0.2) is 0 Å². The van der Waals surface area contributed by atoms with Crippen LogP contribution in [0.1, 0.15) is 0 Å². The van der Waals surface area contributed by atoms with E-state index in [1.54, 1.807) is 24.3 Å². The minimum Gasteiger partial charge on any atom is -0.390 e. The summed E-state index contributed by atoms with van der Waals surface area (Å²) in [4.78, 5) is 22.6. The van der Waals surface area contributed by atoms with Gasteiger partial charge in [-0.2, -0.15) is 4.98 Å². The van der Waals surface area contributed by atoms with Gasteiger partial charge in [-0.3, -0.25) is 0 Å². The fourth-order valence-corrected chi connectivity index (χ4v) is 1.88. The molecule has 0 unspecified atom stereocenters. The summed E-state index contributed by atoms with van der Waals surface area (Å²) >= 11 is 0. The highest BCUT2D eigenvalue weighted by molar-refractivity contribution is 5.61. The Kier molecular flexibility index (Phi) is 3.34. The maximum Gasteiger partial charge on any atom is 0.473 e. The minimum atomic E-state index is -0.611. The van der Waals surface area contributed by atoms with Crippen LogP contribution in [0, 0.1) is 10.1 Å². The van der Waals surface area contributed by atoms with Gasteiger partial charge in [0.05, 0.1) is 0 Å². The van der Waals surface area contributed by atoms with E-state index in [-0.39, 0.29) is 11.6 Å². The van der Waals surface area contributed by atoms with Crippen LogP contribution in [0.2, 0.25) is 0 Å². The first-order chi connectivity index (χ1) is 10.2. The van der Waals surface area contributed by atoms with E-state index in [2.05, 4.69) is 15.0 Å². The summed E-state index contributed by atoms with van der Waals surface area (Å²) in [6.07, 6.45) is 0. The molecule has 6 nitrogen and oxygen atoms in total. The van der Waals surface area contributed by atoms with Crippen LogP contribution in [0.25, 0.3) is 22.8 Å². The third-order valence-electron chi connectivity index (χ3n) is 2.85. The summed E-state index contributed by atoms with van der Waals surface area (Å²) in [5.74, 6) is 0.120. The van der Waals surface area contributed by atoms with Gasteiger partial charge in [-0.25, -0.2) is 0 Å². The van der Waals surface area contributed by atoms with Gasteiger partial charge in [-0.15, -0.1) is 0 Å². The molecule has 0 N–H and O–H groups in total. The number of aromatic nitrogens is 3. The number of hydrogen-bond acceptors (Lipinski definition) is 5. The van der Waals surface area contributed by atoms with Crippen LogP contribution in [0.5, 0.6) is 0 Å². The quantitative estimate of drug-likeness (QED) is 0.543. The molecule has 0 saturated heterocycles. The van der Waals surface area contributed by atoms with Crippen molar-refractivity contribution in [2.24, 2.45) is 0 Å². The predicted molar refractivity (Wildman–Crippen MR) is 77.4 cm³/mol. The van der Waals surface area contributed by atoms with Gasteiger partial charge in [0.1, 0.15) is 0 Å². The average molecular weight is 278 g/mol. The molecule has 3 rings (SSSR count). The zero-order chi connectivity index (χ0) is 14.7. The van der Waals surface area contributed by atoms with E-state index < -0.39 is 10.9 Å². The lowest BCUT2D eigenvalue weighted by Crippen LogP contribution is -2.02. The van der Waals surface area contributed by atoms with E-state index in [1.807, 2.05) is 36.4 Å². The molecule has 0 amide bonds. The first kappa shape index (κ1) is 12.9. The molecule has 0 aliphatic rings. The van der Waals surface area contributed by atoms with Gasteiger partial charge >= 0.3 is 5.95 Å². The first-order valence-electron chi connectivity index (χ1n) is 6.25. The second kappa shape index (κ2) is 5.46. The lowest BCUT2D eigenvalue weighted by atomic mass is 10.2. The maximum absolute atomic E-state index is 11.0. The van der Waals surface area contributed by atoms with Crippen molar-refractivity contribution in [1.82, 2.24) is 15.0 Å². The van der Waals surface area contributed by atoms with Gasteiger partial charge in [-0.1, -0.05) is 36.4 Å². The van der Waals surface area contributed by atoms with Crippen molar-refractivity contribution in [1.29, 1.82) is 0 Å². The Morgan fingerprint density at radius 2 is 1.14 bits per heavy atom. The highest BCUT2D eigenvalue weighted by Gasteiger charge is 2.19. The number of hydrogen-bond donors (Lipinski definition) is 0. The summed E-state index contributed by atoms with van der Waals surface area (Å²) < 4.78 is 0. The van der Waals surface area contributed by atoms with Crippen LogP contribution >= 0.6 is 0 Å². The van der Waals surface area contributed by atoms with E-state index in [9.17, 15) is 10.1 Å². The van der Waals surface area contributed by atoms with Crippen LogP contribution in [0.15, 0.2) is 60.7 Å². The van der Waals surface area contributed by atoms with Gasteiger partial charge in [0.25, 0.3) is 0 Å². The van der Waals surface area contributed by atoms with Gasteiger partial charge in [-0.05, 0) is 39.2 Å². The molecule has 1 aromatic heterocycles. The number of benzene rings is 2. The average Bonchev–Trinajstić information content (AvgIpc) is 2.56. The van der Waals surface area contributed by atoms with Crippen molar-refractivity contribution in [2.75, 3.05) is 0 Å². The summed E-state index contributed by atoms with van der Waals surface area (Å²) in [6, 6.07) is 18.2. The van der Waals surface area contributed by atoms with Crippen molar-refractivity contribution >= 4 is 5.95 Å². The molecule has 0 aliphatic heterocycles. The number of rotatable bonds is 3. The topological polar surface area (TPSA) is 81.8 Å². The van der Waals surface area contributed by atoms with Crippen molar-refractivity contribution in [3.63, 3.8) is 0 Å². The monoisotopic (exact) mass is 278 g/mol. The van der Waals surface area contributed by atoms with E-state index in [4.69, 9.17) is 0 Å². The highest BCUT2D eigenvalue weighted by Crippen LogP contribution is 2.21. The normalized spacial score (nSPS) is 10.3. The van der Waals surface area contributed by atoms with E-state index in [0.717, 1.165) is 0 Å². The highest BCUT2D eigenvalue weighted by atomic mass is 16.6. The summed E-state index contributed by atoms with van der Waals surface area (Å²) in [7, 11) is 0. The SMILES string of the molecule is O=[N+]([O-])c1nc(-c2ccccc2)nc(-c2ccccc2)n1. The molecule has 6 heteroatoms. The molecule has 0 bridgehead atoms. The lowest BCUT2D eigenvalue weighted by Gasteiger charge is -2.00. The van der Waals surface area contributed by atoms with E-state index in [0.29, 0.717) is 11.1 Å². The molecule has 21 heavy (non-hydrogen) atoms. The zero-order valence-electron chi connectivity index (χ0n) is 10.9. The molecule has 1 heterocycles. The largest absolute Gasteiger partial charge is 0.473 e. The van der Waals surface area contributed by atoms with Crippen LogP contribution in [0.4, 0.5) is 5.95 Å². The molecule has 3 aromatic rings. The van der Waals surface area contributed by atoms with Crippen molar-refractivity contribution in [2.45, 2.75) is 0 Å². The molecule has 0 fully saturated rings. The molecule has 0 saturated carbocycles. The molecule has 0 aliphatic carbocycles. The van der Waals surface area contributed by atoms with Gasteiger partial charge in [0.2, 0.25) is 11.6 Å². The van der Waals surface area contributed by atoms with E-state index >= 15 is 0 Å². The Bertz CT molecular complexity index is 718. The molecule has 102 valence electrons. The summed E-state index contributed by atoms with van der Waals surface area (Å²) in [5, 5.41) is 11.0. The smallest absolute Gasteiger partial charge is 0.390 e. The van der Waals surface area contributed by atoms with Crippen LogP contribution in [-0.4, -0.2) is 19.9 Å². The molecule has 0 atom stereocenters. The second-order valence-corrected chi connectivity index (χ2v) is 4.27. The number of nitro groups is 1. The van der Waals surface area contributed by atoms with Crippen molar-refractivity contribution in [3.8, 4) is 22.8 Å². The van der Waals surface area contributed by atoms with Crippen LogP contribution in [0.3, 0.4) is 0 Å². The Labute approximate surface area is 120 Å². The summed E-state index contributed by atoms with van der Waals surface area (Å²) in [6.45, 7) is 0. The standard InChI is InChI=1S/C15H10N4O2/c20-19(21)15-17-13(11-7-3-1-4-8-11)16-14(18-15)12-9-5-2-6-10-12/h1-10H. The lowest BCUT2D eigenvalue weighted by molar-refractivity contribution is -0.394. The maximum atomic E-state index is 11.0. The summed E-state index contributed by atoms with van der Waals surface area (Å²) in [5.41, 5.74) is 1.42. The Morgan fingerprint density at radius 3 is 1.52 bits per heavy atom. The van der Waals surface area contributed by atoms with Crippen LogP contribution < -0.4 is 0 Å². The molecular weight excluding hydrogens is 268 g/mol. The van der Waals surface area contributed by atoms with E-state index in [1.165, 1.54) is 0 Å².